The number of fused-ring (bicyclic) bond motifs is 6. The van der Waals surface area contributed by atoms with Gasteiger partial charge in [0.25, 0.3) is 0 Å². The lowest BCUT2D eigenvalue weighted by molar-refractivity contribution is 0.666. The summed E-state index contributed by atoms with van der Waals surface area (Å²) in [6.07, 6.45) is 0. The largest absolute Gasteiger partial charge is 0.454 e. The molecule has 0 aliphatic carbocycles. The third-order valence-corrected chi connectivity index (χ3v) is 12.4. The van der Waals surface area contributed by atoms with Gasteiger partial charge in [-0.25, -0.2) is 0 Å². The Kier molecular flexibility index (Phi) is 8.83. The minimum atomic E-state index is 0.896. The second kappa shape index (κ2) is 15.3. The van der Waals surface area contributed by atoms with Gasteiger partial charge in [0.05, 0.1) is 16.7 Å². The Morgan fingerprint density at radius 1 is 0.286 bits per heavy atom. The van der Waals surface area contributed by atoms with Crippen LogP contribution in [0, 0.1) is 0 Å². The molecule has 0 amide bonds. The van der Waals surface area contributed by atoms with Gasteiger partial charge in [-0.15, -0.1) is 0 Å². The Hall–Kier alpha value is -8.40. The first kappa shape index (κ1) is 36.5. The van der Waals surface area contributed by atoms with Crippen molar-refractivity contribution in [2.75, 3.05) is 4.90 Å². The molecule has 0 saturated carbocycles. The molecule has 3 nitrogen and oxygen atoms in total. The van der Waals surface area contributed by atoms with Crippen molar-refractivity contribution >= 4 is 60.8 Å². The summed E-state index contributed by atoms with van der Waals surface area (Å²) in [5.74, 6) is 0. The second-order valence-electron chi connectivity index (χ2n) is 16.1. The van der Waals surface area contributed by atoms with Crippen molar-refractivity contribution in [3.05, 3.63) is 243 Å². The molecule has 3 heteroatoms. The molecule has 0 aliphatic heterocycles. The molecule has 0 N–H and O–H groups in total. The summed E-state index contributed by atoms with van der Waals surface area (Å²) < 4.78 is 8.89. The summed E-state index contributed by atoms with van der Waals surface area (Å²) in [6, 6.07) is 87.0. The molecular weight excluding hydrogens is 765 g/mol. The third kappa shape index (κ3) is 6.46. The molecule has 12 aromatic rings. The predicted octanol–water partition coefficient (Wildman–Crippen LogP) is 16.8. The van der Waals surface area contributed by atoms with Crippen molar-refractivity contribution < 1.29 is 4.42 Å². The van der Waals surface area contributed by atoms with E-state index < -0.39 is 0 Å². The third-order valence-electron chi connectivity index (χ3n) is 12.4. The summed E-state index contributed by atoms with van der Waals surface area (Å²) in [5, 5.41) is 4.66. The number of nitrogens with zero attached hydrogens (tertiary/aromatic N) is 2. The second-order valence-corrected chi connectivity index (χ2v) is 16.1. The molecule has 0 atom stereocenters. The predicted molar refractivity (Wildman–Crippen MR) is 264 cm³/mol. The Labute approximate surface area is 366 Å². The first-order valence-electron chi connectivity index (χ1n) is 21.5. The van der Waals surface area contributed by atoms with E-state index in [2.05, 4.69) is 240 Å². The van der Waals surface area contributed by atoms with E-state index >= 15 is 0 Å². The van der Waals surface area contributed by atoms with Crippen LogP contribution in [0.1, 0.15) is 0 Å². The highest BCUT2D eigenvalue weighted by Crippen LogP contribution is 2.41. The van der Waals surface area contributed by atoms with Crippen molar-refractivity contribution in [3.8, 4) is 50.2 Å². The number of anilines is 3. The Morgan fingerprint density at radius 2 is 0.698 bits per heavy atom. The topological polar surface area (TPSA) is 21.3 Å². The first-order valence-corrected chi connectivity index (χ1v) is 21.5. The normalized spacial score (nSPS) is 11.5. The molecule has 0 fully saturated rings. The molecule has 0 radical (unpaired) electrons. The van der Waals surface area contributed by atoms with Crippen LogP contribution >= 0.6 is 0 Å². The molecule has 0 unspecified atom stereocenters. The van der Waals surface area contributed by atoms with Gasteiger partial charge in [-0.05, 0) is 111 Å². The van der Waals surface area contributed by atoms with Crippen LogP contribution in [0.5, 0.6) is 0 Å². The Morgan fingerprint density at radius 3 is 1.27 bits per heavy atom. The first-order chi connectivity index (χ1) is 31.2. The quantitative estimate of drug-likeness (QED) is 0.153. The van der Waals surface area contributed by atoms with Crippen molar-refractivity contribution in [2.24, 2.45) is 0 Å². The molecule has 2 heterocycles. The van der Waals surface area contributed by atoms with Gasteiger partial charge in [-0.3, -0.25) is 0 Å². The van der Waals surface area contributed by atoms with Crippen LogP contribution in [-0.2, 0) is 0 Å². The zero-order valence-electron chi connectivity index (χ0n) is 34.4. The van der Waals surface area contributed by atoms with E-state index in [0.29, 0.717) is 0 Å². The number of furan rings is 1. The Balaban J connectivity index is 0.909. The highest BCUT2D eigenvalue weighted by atomic mass is 16.3. The van der Waals surface area contributed by atoms with Crippen LogP contribution in [0.3, 0.4) is 0 Å². The van der Waals surface area contributed by atoms with Gasteiger partial charge in [0, 0.05) is 38.6 Å². The number of rotatable bonds is 8. The van der Waals surface area contributed by atoms with Crippen LogP contribution in [0.4, 0.5) is 17.1 Å². The van der Waals surface area contributed by atoms with Crippen LogP contribution in [-0.4, -0.2) is 4.57 Å². The molecule has 12 rings (SSSR count). The fraction of sp³-hybridized carbons (Fsp3) is 0. The van der Waals surface area contributed by atoms with Crippen LogP contribution < -0.4 is 4.90 Å². The summed E-state index contributed by atoms with van der Waals surface area (Å²) in [4.78, 5) is 2.34. The van der Waals surface area contributed by atoms with Crippen LogP contribution in [0.2, 0.25) is 0 Å². The SMILES string of the molecule is c1ccc(-c2ccc(-c3ccc(N(c4ccc(-c5ccccc5)cc4)c4ccc(-c5ccc6c(c5)c5ccccc5n6-c5cccc6c5oc5ccccc56)cc4)cc3)cc2)cc1. The molecule has 10 aromatic carbocycles. The smallest absolute Gasteiger partial charge is 0.159 e. The number of para-hydroxylation sites is 3. The zero-order chi connectivity index (χ0) is 41.7. The molecule has 0 saturated heterocycles. The highest BCUT2D eigenvalue weighted by molar-refractivity contribution is 6.13. The van der Waals surface area contributed by atoms with Crippen molar-refractivity contribution in [3.63, 3.8) is 0 Å². The van der Waals surface area contributed by atoms with Gasteiger partial charge < -0.3 is 13.9 Å². The van der Waals surface area contributed by atoms with E-state index in [1.54, 1.807) is 0 Å². The fourth-order valence-corrected chi connectivity index (χ4v) is 9.29. The summed E-state index contributed by atoms with van der Waals surface area (Å²) in [7, 11) is 0. The number of hydrogen-bond acceptors (Lipinski definition) is 2. The van der Waals surface area contributed by atoms with Gasteiger partial charge in [0.1, 0.15) is 5.58 Å². The van der Waals surface area contributed by atoms with Gasteiger partial charge in [-0.1, -0.05) is 176 Å². The van der Waals surface area contributed by atoms with E-state index in [9.17, 15) is 0 Å². The van der Waals surface area contributed by atoms with E-state index in [4.69, 9.17) is 4.42 Å². The van der Waals surface area contributed by atoms with Gasteiger partial charge in [0.2, 0.25) is 0 Å². The van der Waals surface area contributed by atoms with Crippen molar-refractivity contribution in [2.45, 2.75) is 0 Å². The lowest BCUT2D eigenvalue weighted by atomic mass is 10.00. The van der Waals surface area contributed by atoms with E-state index in [0.717, 1.165) is 61.3 Å². The summed E-state index contributed by atoms with van der Waals surface area (Å²) in [5.41, 5.74) is 17.9. The van der Waals surface area contributed by atoms with Crippen LogP contribution in [0.15, 0.2) is 247 Å². The van der Waals surface area contributed by atoms with Gasteiger partial charge >= 0.3 is 0 Å². The minimum absolute atomic E-state index is 0.896. The number of hydrogen-bond donors (Lipinski definition) is 0. The molecule has 296 valence electrons. The van der Waals surface area contributed by atoms with Crippen molar-refractivity contribution in [1.82, 2.24) is 4.57 Å². The highest BCUT2D eigenvalue weighted by Gasteiger charge is 2.19. The molecule has 0 aliphatic rings. The lowest BCUT2D eigenvalue weighted by Crippen LogP contribution is -2.09. The molecule has 2 aromatic heterocycles. The summed E-state index contributed by atoms with van der Waals surface area (Å²) >= 11 is 0. The summed E-state index contributed by atoms with van der Waals surface area (Å²) in [6.45, 7) is 0. The number of benzene rings is 10. The lowest BCUT2D eigenvalue weighted by Gasteiger charge is -2.26. The van der Waals surface area contributed by atoms with E-state index in [-0.39, 0.29) is 0 Å². The van der Waals surface area contributed by atoms with E-state index in [1.165, 1.54) is 49.7 Å². The fourth-order valence-electron chi connectivity index (χ4n) is 9.29. The maximum atomic E-state index is 6.54. The minimum Gasteiger partial charge on any atom is -0.454 e. The average Bonchev–Trinajstić information content (AvgIpc) is 3.91. The zero-order valence-corrected chi connectivity index (χ0v) is 34.4. The molecule has 0 spiro atoms. The molecular formula is C60H40N2O. The maximum Gasteiger partial charge on any atom is 0.159 e. The van der Waals surface area contributed by atoms with Gasteiger partial charge in [0.15, 0.2) is 5.58 Å². The standard InChI is InChI=1S/C60H40N2O/c1-3-12-41(13-4-1)43-22-24-44(25-23-43)46-28-35-50(36-29-46)61(49-33-26-45(27-34-49)42-14-5-2-6-15-42)51-37-30-47(31-38-51)48-32-39-57-55(40-48)52-16-7-9-19-56(52)62(57)58-20-11-18-54-53-17-8-10-21-59(53)63-60(54)58/h1-40H. The van der Waals surface area contributed by atoms with Gasteiger partial charge in [-0.2, -0.15) is 0 Å². The maximum absolute atomic E-state index is 6.54. The number of aromatic nitrogens is 1. The average molecular weight is 805 g/mol. The Bertz CT molecular complexity index is 3570. The molecule has 0 bridgehead atoms. The van der Waals surface area contributed by atoms with E-state index in [1.807, 2.05) is 12.1 Å². The van der Waals surface area contributed by atoms with Crippen molar-refractivity contribution in [1.29, 1.82) is 0 Å². The molecule has 63 heavy (non-hydrogen) atoms. The van der Waals surface area contributed by atoms with Crippen LogP contribution in [0.25, 0.3) is 93.9 Å². The monoisotopic (exact) mass is 804 g/mol.